The van der Waals surface area contributed by atoms with Crippen molar-refractivity contribution in [2.24, 2.45) is 0 Å². The quantitative estimate of drug-likeness (QED) is 0.810. The van der Waals surface area contributed by atoms with Crippen LogP contribution in [0.2, 0.25) is 0 Å². The highest BCUT2D eigenvalue weighted by Gasteiger charge is 2.11. The molecule has 0 amide bonds. The summed E-state index contributed by atoms with van der Waals surface area (Å²) in [5, 5.41) is 4.18. The predicted octanol–water partition coefficient (Wildman–Crippen LogP) is 2.90. The number of carbonyl (C=O) groups is 1. The maximum absolute atomic E-state index is 11.2. The summed E-state index contributed by atoms with van der Waals surface area (Å²) in [7, 11) is 0. The highest BCUT2D eigenvalue weighted by atomic mass is 79.9. The van der Waals surface area contributed by atoms with E-state index in [4.69, 9.17) is 0 Å². The molecule has 16 heavy (non-hydrogen) atoms. The Kier molecular flexibility index (Phi) is 3.19. The highest BCUT2D eigenvalue weighted by Crippen LogP contribution is 2.18. The fourth-order valence-corrected chi connectivity index (χ4v) is 2.07. The van der Waals surface area contributed by atoms with E-state index < -0.39 is 0 Å². The van der Waals surface area contributed by atoms with E-state index in [-0.39, 0.29) is 5.78 Å². The van der Waals surface area contributed by atoms with Crippen molar-refractivity contribution in [3.8, 4) is 0 Å². The Balaban J connectivity index is 2.26. The lowest BCUT2D eigenvalue weighted by Gasteiger charge is -2.03. The van der Waals surface area contributed by atoms with Crippen molar-refractivity contribution in [3.05, 3.63) is 52.3 Å². The number of nitrogens with zero attached hydrogens (tertiary/aromatic N) is 2. The molecule has 2 aromatic rings. The summed E-state index contributed by atoms with van der Waals surface area (Å²) in [4.78, 5) is 11.2. The molecule has 0 saturated heterocycles. The Morgan fingerprint density at radius 1 is 1.38 bits per heavy atom. The van der Waals surface area contributed by atoms with Gasteiger partial charge in [-0.2, -0.15) is 5.10 Å². The first-order valence-electron chi connectivity index (χ1n) is 4.94. The molecule has 0 aliphatic heterocycles. The van der Waals surface area contributed by atoms with E-state index in [1.165, 1.54) is 6.92 Å². The largest absolute Gasteiger partial charge is 0.294 e. The first kappa shape index (κ1) is 11.1. The summed E-state index contributed by atoms with van der Waals surface area (Å²) in [6.45, 7) is 2.20. The molecule has 4 heteroatoms. The van der Waals surface area contributed by atoms with Crippen LogP contribution in [0.1, 0.15) is 22.8 Å². The number of benzene rings is 1. The Hall–Kier alpha value is -1.42. The zero-order chi connectivity index (χ0) is 11.5. The summed E-state index contributed by atoms with van der Waals surface area (Å²) in [5.41, 5.74) is 1.78. The number of hydrogen-bond acceptors (Lipinski definition) is 2. The lowest BCUT2D eigenvalue weighted by Crippen LogP contribution is -2.02. The smallest absolute Gasteiger partial charge is 0.164 e. The van der Waals surface area contributed by atoms with Gasteiger partial charge >= 0.3 is 0 Å². The minimum atomic E-state index is 0.0196. The van der Waals surface area contributed by atoms with Crippen molar-refractivity contribution in [2.75, 3.05) is 0 Å². The van der Waals surface area contributed by atoms with Gasteiger partial charge in [-0.1, -0.05) is 30.3 Å². The average Bonchev–Trinajstić information content (AvgIpc) is 2.62. The maximum Gasteiger partial charge on any atom is 0.164 e. The summed E-state index contributed by atoms with van der Waals surface area (Å²) in [5.74, 6) is 0.0196. The topological polar surface area (TPSA) is 34.9 Å². The van der Waals surface area contributed by atoms with Crippen LogP contribution in [0.15, 0.2) is 41.1 Å². The molecule has 1 heterocycles. The molecule has 1 aromatic carbocycles. The lowest BCUT2D eigenvalue weighted by molar-refractivity contribution is 0.101. The van der Waals surface area contributed by atoms with Gasteiger partial charge < -0.3 is 0 Å². The average molecular weight is 279 g/mol. The number of carbonyl (C=O) groups excluding carboxylic acids is 1. The van der Waals surface area contributed by atoms with Crippen LogP contribution >= 0.6 is 15.9 Å². The molecule has 1 aromatic heterocycles. The number of aromatic nitrogens is 2. The minimum absolute atomic E-state index is 0.0196. The van der Waals surface area contributed by atoms with Gasteiger partial charge in [-0.3, -0.25) is 9.48 Å². The molecule has 0 aliphatic rings. The van der Waals surface area contributed by atoms with Crippen molar-refractivity contribution >= 4 is 21.7 Å². The monoisotopic (exact) mass is 278 g/mol. The van der Waals surface area contributed by atoms with Gasteiger partial charge in [0.2, 0.25) is 0 Å². The van der Waals surface area contributed by atoms with Crippen LogP contribution in [0.3, 0.4) is 0 Å². The van der Waals surface area contributed by atoms with E-state index >= 15 is 0 Å². The molecule has 0 aliphatic carbocycles. The molecular formula is C12H11BrN2O. The second kappa shape index (κ2) is 4.61. The van der Waals surface area contributed by atoms with E-state index in [2.05, 4.69) is 21.0 Å². The zero-order valence-electron chi connectivity index (χ0n) is 8.85. The van der Waals surface area contributed by atoms with Gasteiger partial charge in [0.15, 0.2) is 5.78 Å². The summed E-state index contributed by atoms with van der Waals surface area (Å²) >= 11 is 3.39. The van der Waals surface area contributed by atoms with Crippen LogP contribution in [-0.4, -0.2) is 15.6 Å². The van der Waals surface area contributed by atoms with Gasteiger partial charge in [0.25, 0.3) is 0 Å². The highest BCUT2D eigenvalue weighted by molar-refractivity contribution is 9.10. The second-order valence-corrected chi connectivity index (χ2v) is 4.30. The van der Waals surface area contributed by atoms with Crippen LogP contribution in [0.5, 0.6) is 0 Å². The molecule has 0 saturated carbocycles. The van der Waals surface area contributed by atoms with Crippen LogP contribution in [0.4, 0.5) is 0 Å². The summed E-state index contributed by atoms with van der Waals surface area (Å²) in [6, 6.07) is 10.0. The third-order valence-electron chi connectivity index (χ3n) is 2.33. The third kappa shape index (κ3) is 2.22. The van der Waals surface area contributed by atoms with Gasteiger partial charge in [-0.15, -0.1) is 0 Å². The molecule has 0 atom stereocenters. The normalized spacial score (nSPS) is 10.4. The third-order valence-corrected chi connectivity index (χ3v) is 3.17. The molecule has 0 fully saturated rings. The SMILES string of the molecule is CC(=O)c1cnn(Cc2ccccc2)c1Br. The number of halogens is 1. The van der Waals surface area contributed by atoms with Gasteiger partial charge in [0.05, 0.1) is 18.3 Å². The number of ketones is 1. The van der Waals surface area contributed by atoms with Crippen LogP contribution in [-0.2, 0) is 6.54 Å². The summed E-state index contributed by atoms with van der Waals surface area (Å²) in [6.07, 6.45) is 1.59. The first-order chi connectivity index (χ1) is 7.68. The zero-order valence-corrected chi connectivity index (χ0v) is 10.4. The fraction of sp³-hybridized carbons (Fsp3) is 0.167. The predicted molar refractivity (Wildman–Crippen MR) is 65.5 cm³/mol. The first-order valence-corrected chi connectivity index (χ1v) is 5.74. The molecule has 3 nitrogen and oxygen atoms in total. The molecule has 0 unspecified atom stereocenters. The molecule has 0 spiro atoms. The van der Waals surface area contributed by atoms with E-state index in [1.54, 1.807) is 10.9 Å². The fourth-order valence-electron chi connectivity index (χ4n) is 1.47. The Labute approximate surface area is 102 Å². The van der Waals surface area contributed by atoms with Crippen LogP contribution in [0.25, 0.3) is 0 Å². The maximum atomic E-state index is 11.2. The molecular weight excluding hydrogens is 268 g/mol. The van der Waals surface area contributed by atoms with Gasteiger partial charge in [-0.25, -0.2) is 0 Å². The summed E-state index contributed by atoms with van der Waals surface area (Å²) < 4.78 is 2.51. The van der Waals surface area contributed by atoms with Crippen LogP contribution < -0.4 is 0 Å². The van der Waals surface area contributed by atoms with E-state index in [0.717, 1.165) is 10.2 Å². The molecule has 0 bridgehead atoms. The van der Waals surface area contributed by atoms with E-state index in [0.29, 0.717) is 12.1 Å². The molecule has 0 radical (unpaired) electrons. The van der Waals surface area contributed by atoms with Crippen molar-refractivity contribution < 1.29 is 4.79 Å². The standard InChI is InChI=1S/C12H11BrN2O/c1-9(16)11-7-14-15(12(11)13)8-10-5-3-2-4-6-10/h2-7H,8H2,1H3. The molecule has 2 rings (SSSR count). The van der Waals surface area contributed by atoms with Crippen molar-refractivity contribution in [1.29, 1.82) is 0 Å². The molecule has 0 N–H and O–H groups in total. The second-order valence-electron chi connectivity index (χ2n) is 3.55. The number of rotatable bonds is 3. The number of hydrogen-bond donors (Lipinski definition) is 0. The Morgan fingerprint density at radius 3 is 2.62 bits per heavy atom. The lowest BCUT2D eigenvalue weighted by atomic mass is 10.2. The Morgan fingerprint density at radius 2 is 2.06 bits per heavy atom. The van der Waals surface area contributed by atoms with Crippen molar-refractivity contribution in [1.82, 2.24) is 9.78 Å². The van der Waals surface area contributed by atoms with Gasteiger partial charge in [0, 0.05) is 0 Å². The van der Waals surface area contributed by atoms with E-state index in [9.17, 15) is 4.79 Å². The van der Waals surface area contributed by atoms with E-state index in [1.807, 2.05) is 30.3 Å². The Bertz CT molecular complexity index is 505. The van der Waals surface area contributed by atoms with Crippen molar-refractivity contribution in [3.63, 3.8) is 0 Å². The number of Topliss-reactive ketones (excluding diaryl/α,β-unsaturated/α-hetero) is 1. The molecule has 82 valence electrons. The van der Waals surface area contributed by atoms with Gasteiger partial charge in [-0.05, 0) is 28.4 Å². The van der Waals surface area contributed by atoms with Gasteiger partial charge in [0.1, 0.15) is 4.60 Å². The van der Waals surface area contributed by atoms with Crippen LogP contribution in [0, 0.1) is 0 Å². The minimum Gasteiger partial charge on any atom is -0.294 e. The van der Waals surface area contributed by atoms with Crippen molar-refractivity contribution in [2.45, 2.75) is 13.5 Å².